The molecule has 0 aliphatic carbocycles. The molecule has 0 aromatic heterocycles. The van der Waals surface area contributed by atoms with Gasteiger partial charge in [-0.05, 0) is 57.5 Å². The average molecular weight is 382 g/mol. The van der Waals surface area contributed by atoms with Crippen molar-refractivity contribution in [2.24, 2.45) is 11.8 Å². The lowest BCUT2D eigenvalue weighted by atomic mass is 9.85. The van der Waals surface area contributed by atoms with E-state index in [0.29, 0.717) is 44.2 Å². The van der Waals surface area contributed by atoms with Crippen LogP contribution in [0.3, 0.4) is 0 Å². The van der Waals surface area contributed by atoms with Crippen LogP contribution in [0.2, 0.25) is 0 Å². The van der Waals surface area contributed by atoms with Gasteiger partial charge in [0, 0.05) is 25.6 Å². The van der Waals surface area contributed by atoms with Crippen LogP contribution in [-0.4, -0.2) is 56.6 Å². The van der Waals surface area contributed by atoms with Crippen LogP contribution in [0.4, 0.5) is 0 Å². The molecular formula is C16H32ClN3O3S. The minimum atomic E-state index is -3.09. The SMILES string of the molecule is CCS(=O)(=O)N1CCC(NC(=O)CC(C)C2CCCNC2)CC1.Cl. The molecule has 2 aliphatic heterocycles. The van der Waals surface area contributed by atoms with E-state index in [2.05, 4.69) is 17.6 Å². The fourth-order valence-corrected chi connectivity index (χ4v) is 4.70. The number of rotatable bonds is 6. The third kappa shape index (κ3) is 6.17. The monoisotopic (exact) mass is 381 g/mol. The van der Waals surface area contributed by atoms with Gasteiger partial charge >= 0.3 is 0 Å². The van der Waals surface area contributed by atoms with Gasteiger partial charge in [0.2, 0.25) is 15.9 Å². The quantitative estimate of drug-likeness (QED) is 0.728. The van der Waals surface area contributed by atoms with Crippen LogP contribution >= 0.6 is 12.4 Å². The summed E-state index contributed by atoms with van der Waals surface area (Å²) in [4.78, 5) is 12.2. The summed E-state index contributed by atoms with van der Waals surface area (Å²) in [5, 5.41) is 6.50. The van der Waals surface area contributed by atoms with Gasteiger partial charge in [-0.15, -0.1) is 12.4 Å². The van der Waals surface area contributed by atoms with E-state index in [1.807, 2.05) is 0 Å². The first-order chi connectivity index (χ1) is 10.9. The van der Waals surface area contributed by atoms with E-state index < -0.39 is 10.0 Å². The Morgan fingerprint density at radius 2 is 1.96 bits per heavy atom. The zero-order chi connectivity index (χ0) is 16.9. The predicted molar refractivity (Wildman–Crippen MR) is 98.8 cm³/mol. The van der Waals surface area contributed by atoms with Crippen LogP contribution < -0.4 is 10.6 Å². The van der Waals surface area contributed by atoms with Crippen LogP contribution in [0.5, 0.6) is 0 Å². The lowest BCUT2D eigenvalue weighted by molar-refractivity contribution is -0.123. The number of hydrogen-bond acceptors (Lipinski definition) is 4. The van der Waals surface area contributed by atoms with Gasteiger partial charge in [-0.1, -0.05) is 6.92 Å². The van der Waals surface area contributed by atoms with Crippen molar-refractivity contribution in [2.45, 2.75) is 52.0 Å². The lowest BCUT2D eigenvalue weighted by Crippen LogP contribution is -2.47. The Morgan fingerprint density at radius 1 is 1.29 bits per heavy atom. The fraction of sp³-hybridized carbons (Fsp3) is 0.938. The van der Waals surface area contributed by atoms with Crippen molar-refractivity contribution in [3.63, 3.8) is 0 Å². The molecule has 0 aromatic carbocycles. The molecule has 6 nitrogen and oxygen atoms in total. The molecule has 0 bridgehead atoms. The maximum Gasteiger partial charge on any atom is 0.220 e. The number of carbonyl (C=O) groups is 1. The lowest BCUT2D eigenvalue weighted by Gasteiger charge is -2.32. The Bertz CT molecular complexity index is 487. The standard InChI is InChI=1S/C16H31N3O3S.ClH/c1-3-23(21,22)19-9-6-15(7-10-19)18-16(20)11-13(2)14-5-4-8-17-12-14;/h13-15,17H,3-12H2,1-2H3,(H,18,20);1H. The summed E-state index contributed by atoms with van der Waals surface area (Å²) in [7, 11) is -3.09. The third-order valence-electron chi connectivity index (χ3n) is 5.22. The molecule has 2 saturated heterocycles. The van der Waals surface area contributed by atoms with E-state index in [4.69, 9.17) is 0 Å². The van der Waals surface area contributed by atoms with Crippen LogP contribution in [0, 0.1) is 11.8 Å². The summed E-state index contributed by atoms with van der Waals surface area (Å²) in [6, 6.07) is 0.113. The van der Waals surface area contributed by atoms with E-state index in [9.17, 15) is 13.2 Å². The van der Waals surface area contributed by atoms with E-state index >= 15 is 0 Å². The molecule has 2 unspecified atom stereocenters. The molecule has 2 rings (SSSR count). The molecule has 0 saturated carbocycles. The number of sulfonamides is 1. The Labute approximate surface area is 152 Å². The predicted octanol–water partition coefficient (Wildman–Crippen LogP) is 1.36. The molecule has 1 amide bonds. The fourth-order valence-electron chi connectivity index (χ4n) is 3.57. The third-order valence-corrected chi connectivity index (χ3v) is 7.11. The number of halogens is 1. The maximum absolute atomic E-state index is 12.2. The van der Waals surface area contributed by atoms with Gasteiger partial charge in [-0.2, -0.15) is 0 Å². The summed E-state index contributed by atoms with van der Waals surface area (Å²) in [5.74, 6) is 1.24. The zero-order valence-electron chi connectivity index (χ0n) is 14.8. The van der Waals surface area contributed by atoms with Gasteiger partial charge < -0.3 is 10.6 Å². The first-order valence-electron chi connectivity index (χ1n) is 8.90. The van der Waals surface area contributed by atoms with E-state index in [1.165, 1.54) is 12.8 Å². The van der Waals surface area contributed by atoms with Crippen molar-refractivity contribution < 1.29 is 13.2 Å². The van der Waals surface area contributed by atoms with Crippen LogP contribution in [-0.2, 0) is 14.8 Å². The highest BCUT2D eigenvalue weighted by molar-refractivity contribution is 7.89. The van der Waals surface area contributed by atoms with Gasteiger partial charge in [0.05, 0.1) is 5.75 Å². The van der Waals surface area contributed by atoms with Crippen molar-refractivity contribution in [1.29, 1.82) is 0 Å². The summed E-state index contributed by atoms with van der Waals surface area (Å²) in [6.07, 6.45) is 4.39. The number of nitrogens with zero attached hydrogens (tertiary/aromatic N) is 1. The Kier molecular flexibility index (Phi) is 8.98. The van der Waals surface area contributed by atoms with Crippen molar-refractivity contribution in [3.8, 4) is 0 Å². The van der Waals surface area contributed by atoms with Crippen molar-refractivity contribution >= 4 is 28.3 Å². The van der Waals surface area contributed by atoms with Crippen molar-refractivity contribution in [3.05, 3.63) is 0 Å². The Hall–Kier alpha value is -0.370. The smallest absolute Gasteiger partial charge is 0.220 e. The Morgan fingerprint density at radius 3 is 2.50 bits per heavy atom. The second-order valence-electron chi connectivity index (χ2n) is 6.93. The largest absolute Gasteiger partial charge is 0.353 e. The van der Waals surface area contributed by atoms with Crippen LogP contribution in [0.1, 0.15) is 46.0 Å². The van der Waals surface area contributed by atoms with Gasteiger partial charge in [0.25, 0.3) is 0 Å². The Balaban J connectivity index is 0.00000288. The highest BCUT2D eigenvalue weighted by atomic mass is 35.5. The van der Waals surface area contributed by atoms with Gasteiger partial charge in [-0.25, -0.2) is 12.7 Å². The molecule has 8 heteroatoms. The second-order valence-corrected chi connectivity index (χ2v) is 9.19. The molecule has 2 aliphatic rings. The summed E-state index contributed by atoms with van der Waals surface area (Å²) in [6.45, 7) is 6.97. The molecule has 142 valence electrons. The molecule has 24 heavy (non-hydrogen) atoms. The first-order valence-corrected chi connectivity index (χ1v) is 10.5. The first kappa shape index (κ1) is 21.7. The number of hydrogen-bond donors (Lipinski definition) is 2. The average Bonchev–Trinajstić information content (AvgIpc) is 2.56. The highest BCUT2D eigenvalue weighted by Crippen LogP contribution is 2.23. The summed E-state index contributed by atoms with van der Waals surface area (Å²) >= 11 is 0. The normalized spacial score (nSPS) is 24.8. The summed E-state index contributed by atoms with van der Waals surface area (Å²) in [5.41, 5.74) is 0. The number of carbonyl (C=O) groups excluding carboxylic acids is 1. The molecule has 0 spiro atoms. The zero-order valence-corrected chi connectivity index (χ0v) is 16.4. The molecule has 2 atom stereocenters. The number of piperidine rings is 2. The van der Waals surface area contributed by atoms with Crippen LogP contribution in [0.25, 0.3) is 0 Å². The van der Waals surface area contributed by atoms with E-state index in [-0.39, 0.29) is 30.1 Å². The second kappa shape index (κ2) is 9.94. The summed E-state index contributed by atoms with van der Waals surface area (Å²) < 4.78 is 25.2. The highest BCUT2D eigenvalue weighted by Gasteiger charge is 2.28. The minimum Gasteiger partial charge on any atom is -0.353 e. The molecular weight excluding hydrogens is 350 g/mol. The van der Waals surface area contributed by atoms with Gasteiger partial charge in [0.15, 0.2) is 0 Å². The van der Waals surface area contributed by atoms with Gasteiger partial charge in [0.1, 0.15) is 0 Å². The van der Waals surface area contributed by atoms with Crippen molar-refractivity contribution in [1.82, 2.24) is 14.9 Å². The molecule has 0 radical (unpaired) electrons. The van der Waals surface area contributed by atoms with Crippen LogP contribution in [0.15, 0.2) is 0 Å². The topological polar surface area (TPSA) is 78.5 Å². The molecule has 2 N–H and O–H groups in total. The maximum atomic E-state index is 12.2. The van der Waals surface area contributed by atoms with Crippen molar-refractivity contribution in [2.75, 3.05) is 31.9 Å². The molecule has 2 fully saturated rings. The molecule has 2 heterocycles. The molecule has 0 aromatic rings. The number of nitrogens with one attached hydrogen (secondary N) is 2. The minimum absolute atomic E-state index is 0. The van der Waals surface area contributed by atoms with Gasteiger partial charge in [-0.3, -0.25) is 4.79 Å². The number of amides is 1. The van der Waals surface area contributed by atoms with E-state index in [1.54, 1.807) is 11.2 Å². The van der Waals surface area contributed by atoms with E-state index in [0.717, 1.165) is 13.1 Å².